The summed E-state index contributed by atoms with van der Waals surface area (Å²) in [6, 6.07) is 12.1. The third kappa shape index (κ3) is 2.97. The number of carbonyl (C=O) groups is 3. The van der Waals surface area contributed by atoms with Crippen LogP contribution < -0.4 is 5.32 Å². The smallest absolute Gasteiger partial charge is 0.340 e. The van der Waals surface area contributed by atoms with Crippen LogP contribution in [0, 0.1) is 13.8 Å². The molecule has 0 spiro atoms. The lowest BCUT2D eigenvalue weighted by Crippen LogP contribution is -2.44. The van der Waals surface area contributed by atoms with E-state index >= 15 is 0 Å². The van der Waals surface area contributed by atoms with Gasteiger partial charge in [-0.1, -0.05) is 35.9 Å². The van der Waals surface area contributed by atoms with Crippen LogP contribution in [-0.4, -0.2) is 28.7 Å². The minimum Gasteiger partial charge on any atom is -0.433 e. The number of aryl methyl sites for hydroxylation is 2. The van der Waals surface area contributed by atoms with Gasteiger partial charge >= 0.3 is 5.97 Å². The van der Waals surface area contributed by atoms with Crippen molar-refractivity contribution in [3.05, 3.63) is 64.7 Å². The topological polar surface area (TPSA) is 75.7 Å². The van der Waals surface area contributed by atoms with Gasteiger partial charge in [-0.3, -0.25) is 14.5 Å². The molecule has 1 N–H and O–H groups in total. The fourth-order valence-corrected chi connectivity index (χ4v) is 3.76. The number of carbonyl (C=O) groups excluding carboxylic acids is 3. The van der Waals surface area contributed by atoms with Crippen molar-refractivity contribution in [1.82, 2.24) is 4.90 Å². The molecule has 0 aromatic heterocycles. The number of ether oxygens (including phenoxy) is 1. The van der Waals surface area contributed by atoms with Crippen LogP contribution in [-0.2, 0) is 14.3 Å². The summed E-state index contributed by atoms with van der Waals surface area (Å²) in [5.74, 6) is -0.928. The van der Waals surface area contributed by atoms with Crippen LogP contribution in [0.15, 0.2) is 42.5 Å². The molecule has 2 aromatic rings. The molecule has 6 nitrogen and oxygen atoms in total. The molecule has 138 valence electrons. The highest BCUT2D eigenvalue weighted by molar-refractivity contribution is 6.00. The Hall–Kier alpha value is -3.15. The van der Waals surface area contributed by atoms with Crippen molar-refractivity contribution in [1.29, 1.82) is 0 Å². The fraction of sp³-hybridized carbons (Fsp3) is 0.286. The second kappa shape index (κ2) is 6.54. The first-order valence-corrected chi connectivity index (χ1v) is 8.95. The molecule has 2 unspecified atom stereocenters. The zero-order valence-corrected chi connectivity index (χ0v) is 15.2. The van der Waals surface area contributed by atoms with Crippen LogP contribution in [0.3, 0.4) is 0 Å². The first-order valence-electron chi connectivity index (χ1n) is 8.95. The third-order valence-corrected chi connectivity index (χ3v) is 5.12. The normalized spacial score (nSPS) is 21.2. The first-order chi connectivity index (χ1) is 13.0. The molecule has 2 amide bonds. The van der Waals surface area contributed by atoms with E-state index in [1.54, 1.807) is 24.3 Å². The maximum atomic E-state index is 12.9. The Labute approximate surface area is 157 Å². The van der Waals surface area contributed by atoms with Gasteiger partial charge in [-0.25, -0.2) is 4.79 Å². The predicted octanol–water partition coefficient (Wildman–Crippen LogP) is 3.10. The summed E-state index contributed by atoms with van der Waals surface area (Å²) < 4.78 is 5.44. The highest BCUT2D eigenvalue weighted by atomic mass is 16.6. The van der Waals surface area contributed by atoms with Gasteiger partial charge in [0.15, 0.2) is 0 Å². The number of nitrogens with zero attached hydrogens (tertiary/aromatic N) is 1. The largest absolute Gasteiger partial charge is 0.433 e. The Balaban J connectivity index is 1.60. The second-order valence-electron chi connectivity index (χ2n) is 7.01. The van der Waals surface area contributed by atoms with Gasteiger partial charge in [0.2, 0.25) is 18.0 Å². The number of fused-ring (bicyclic) bond motifs is 1. The first kappa shape index (κ1) is 17.3. The highest BCUT2D eigenvalue weighted by Crippen LogP contribution is 2.38. The molecule has 1 fully saturated rings. The Morgan fingerprint density at radius 1 is 1.15 bits per heavy atom. The number of anilines is 1. The summed E-state index contributed by atoms with van der Waals surface area (Å²) in [7, 11) is 0. The summed E-state index contributed by atoms with van der Waals surface area (Å²) in [6.45, 7) is 3.91. The van der Waals surface area contributed by atoms with Crippen molar-refractivity contribution in [2.45, 2.75) is 39.0 Å². The van der Waals surface area contributed by atoms with Gasteiger partial charge in [0.1, 0.15) is 6.04 Å². The van der Waals surface area contributed by atoms with Crippen molar-refractivity contribution in [2.75, 3.05) is 5.32 Å². The number of likely N-dealkylation sites (tertiary alicyclic amines) is 1. The molecule has 0 radical (unpaired) electrons. The molecule has 27 heavy (non-hydrogen) atoms. The van der Waals surface area contributed by atoms with E-state index in [1.165, 1.54) is 4.90 Å². The molecule has 0 saturated carbocycles. The number of cyclic esters (lactones) is 1. The SMILES string of the molecule is Cc1ccc(NC(=O)C2CCC(=O)N2C2OC(=O)c3ccccc32)c(C)c1. The van der Waals surface area contributed by atoms with Crippen molar-refractivity contribution in [2.24, 2.45) is 0 Å². The summed E-state index contributed by atoms with van der Waals surface area (Å²) in [6.07, 6.45) is -0.203. The molecule has 1 saturated heterocycles. The number of benzene rings is 2. The molecular formula is C21H20N2O4. The van der Waals surface area contributed by atoms with E-state index in [0.29, 0.717) is 23.2 Å². The molecule has 0 bridgehead atoms. The zero-order valence-electron chi connectivity index (χ0n) is 15.2. The van der Waals surface area contributed by atoms with Gasteiger partial charge in [0.25, 0.3) is 0 Å². The van der Waals surface area contributed by atoms with E-state index < -0.39 is 18.2 Å². The lowest BCUT2D eigenvalue weighted by molar-refractivity contribution is -0.144. The minimum atomic E-state index is -0.849. The minimum absolute atomic E-state index is 0.190. The number of hydrogen-bond acceptors (Lipinski definition) is 4. The molecule has 4 rings (SSSR count). The molecule has 2 atom stereocenters. The van der Waals surface area contributed by atoms with E-state index in [9.17, 15) is 14.4 Å². The van der Waals surface area contributed by atoms with Gasteiger partial charge in [-0.05, 0) is 38.0 Å². The number of hydrogen-bond donors (Lipinski definition) is 1. The molecule has 2 aliphatic heterocycles. The van der Waals surface area contributed by atoms with E-state index in [2.05, 4.69) is 5.32 Å². The summed E-state index contributed by atoms with van der Waals surface area (Å²) in [5.41, 5.74) is 3.85. The summed E-state index contributed by atoms with van der Waals surface area (Å²) >= 11 is 0. The molecule has 0 aliphatic carbocycles. The van der Waals surface area contributed by atoms with E-state index in [4.69, 9.17) is 4.74 Å². The van der Waals surface area contributed by atoms with Crippen molar-refractivity contribution < 1.29 is 19.1 Å². The Morgan fingerprint density at radius 2 is 1.93 bits per heavy atom. The Kier molecular flexibility index (Phi) is 4.18. The number of amides is 2. The molecule has 2 aromatic carbocycles. The van der Waals surface area contributed by atoms with Gasteiger partial charge in [0, 0.05) is 17.7 Å². The van der Waals surface area contributed by atoms with Crippen molar-refractivity contribution >= 4 is 23.5 Å². The number of nitrogens with one attached hydrogen (secondary N) is 1. The van der Waals surface area contributed by atoms with Crippen molar-refractivity contribution in [3.63, 3.8) is 0 Å². The Morgan fingerprint density at radius 3 is 2.70 bits per heavy atom. The fourth-order valence-electron chi connectivity index (χ4n) is 3.76. The van der Waals surface area contributed by atoms with Crippen molar-refractivity contribution in [3.8, 4) is 0 Å². The summed E-state index contributed by atoms with van der Waals surface area (Å²) in [5, 5.41) is 2.92. The van der Waals surface area contributed by atoms with E-state index in [1.807, 2.05) is 32.0 Å². The van der Waals surface area contributed by atoms with E-state index in [-0.39, 0.29) is 18.2 Å². The zero-order chi connectivity index (χ0) is 19.1. The van der Waals surface area contributed by atoms with Crippen LogP contribution in [0.2, 0.25) is 0 Å². The average molecular weight is 364 g/mol. The van der Waals surface area contributed by atoms with Crippen LogP contribution in [0.1, 0.15) is 46.1 Å². The molecule has 2 heterocycles. The second-order valence-corrected chi connectivity index (χ2v) is 7.01. The van der Waals surface area contributed by atoms with Gasteiger partial charge in [-0.2, -0.15) is 0 Å². The van der Waals surface area contributed by atoms with Gasteiger partial charge in [-0.15, -0.1) is 0 Å². The summed E-state index contributed by atoms with van der Waals surface area (Å²) in [4.78, 5) is 39.0. The lowest BCUT2D eigenvalue weighted by Gasteiger charge is -2.29. The Bertz CT molecular complexity index is 953. The van der Waals surface area contributed by atoms with Crippen LogP contribution in [0.5, 0.6) is 0 Å². The lowest BCUT2D eigenvalue weighted by atomic mass is 10.1. The number of esters is 1. The molecular weight excluding hydrogens is 344 g/mol. The monoisotopic (exact) mass is 364 g/mol. The molecule has 6 heteroatoms. The quantitative estimate of drug-likeness (QED) is 0.849. The standard InChI is InChI=1S/C21H20N2O4/c1-12-7-8-16(13(2)11-12)22-19(25)17-9-10-18(24)23(17)20-14-5-3-4-6-15(14)21(26)27-20/h3-8,11,17,20H,9-10H2,1-2H3,(H,22,25). The maximum absolute atomic E-state index is 12.9. The van der Waals surface area contributed by atoms with E-state index in [0.717, 1.165) is 11.1 Å². The molecule has 2 aliphatic rings. The highest BCUT2D eigenvalue weighted by Gasteiger charge is 2.46. The van der Waals surface area contributed by atoms with Crippen LogP contribution in [0.25, 0.3) is 0 Å². The predicted molar refractivity (Wildman–Crippen MR) is 99.0 cm³/mol. The van der Waals surface area contributed by atoms with Gasteiger partial charge < -0.3 is 10.1 Å². The maximum Gasteiger partial charge on any atom is 0.340 e. The third-order valence-electron chi connectivity index (χ3n) is 5.12. The van der Waals surface area contributed by atoms with Gasteiger partial charge in [0.05, 0.1) is 5.56 Å². The number of rotatable bonds is 3. The average Bonchev–Trinajstić information content (AvgIpc) is 3.18. The van der Waals surface area contributed by atoms with Crippen LogP contribution >= 0.6 is 0 Å². The van der Waals surface area contributed by atoms with Crippen LogP contribution in [0.4, 0.5) is 5.69 Å².